The summed E-state index contributed by atoms with van der Waals surface area (Å²) in [7, 11) is -2.11. The van der Waals surface area contributed by atoms with Crippen molar-refractivity contribution >= 4 is 21.5 Å². The fraction of sp³-hybridized carbons (Fsp3) is 0.143. The minimum Gasteiger partial charge on any atom is -0.372 e. The summed E-state index contributed by atoms with van der Waals surface area (Å²) < 4.78 is 27.2. The highest BCUT2D eigenvalue weighted by atomic mass is 32.2. The number of nitrogens with zero attached hydrogens (tertiary/aromatic N) is 2. The first-order chi connectivity index (χ1) is 10.1. The van der Waals surface area contributed by atoms with Gasteiger partial charge in [0.15, 0.2) is 0 Å². The Balaban J connectivity index is 2.27. The molecule has 2 rings (SSSR count). The highest BCUT2D eigenvalue weighted by Crippen LogP contribution is 2.21. The molecule has 0 aliphatic rings. The van der Waals surface area contributed by atoms with E-state index in [0.717, 1.165) is 5.56 Å². The van der Waals surface area contributed by atoms with Crippen LogP contribution in [0.4, 0.5) is 11.5 Å². The van der Waals surface area contributed by atoms with Gasteiger partial charge in [0.05, 0.1) is 12.5 Å². The van der Waals surface area contributed by atoms with E-state index in [4.69, 9.17) is 5.26 Å². The van der Waals surface area contributed by atoms with Gasteiger partial charge in [-0.25, -0.2) is 13.4 Å². The van der Waals surface area contributed by atoms with Crippen LogP contribution in [-0.4, -0.2) is 20.4 Å². The van der Waals surface area contributed by atoms with E-state index < -0.39 is 10.0 Å². The molecule has 0 fully saturated rings. The van der Waals surface area contributed by atoms with Gasteiger partial charge in [0, 0.05) is 18.9 Å². The minimum absolute atomic E-state index is 0.0774. The van der Waals surface area contributed by atoms with Crippen molar-refractivity contribution in [2.45, 2.75) is 11.3 Å². The molecular formula is C14H14N4O2S. The van der Waals surface area contributed by atoms with Crippen molar-refractivity contribution in [2.24, 2.45) is 0 Å². The summed E-state index contributed by atoms with van der Waals surface area (Å²) in [5, 5.41) is 11.4. The first-order valence-electron chi connectivity index (χ1n) is 6.18. The zero-order valence-corrected chi connectivity index (χ0v) is 12.2. The van der Waals surface area contributed by atoms with E-state index in [2.05, 4.69) is 15.0 Å². The van der Waals surface area contributed by atoms with Gasteiger partial charge < -0.3 is 5.32 Å². The van der Waals surface area contributed by atoms with Gasteiger partial charge in [-0.3, -0.25) is 4.72 Å². The molecular weight excluding hydrogens is 288 g/mol. The van der Waals surface area contributed by atoms with Gasteiger partial charge in [-0.05, 0) is 29.8 Å². The Morgan fingerprint density at radius 2 is 1.95 bits per heavy atom. The molecule has 0 saturated carbocycles. The minimum atomic E-state index is -3.72. The Kier molecular flexibility index (Phi) is 4.40. The Morgan fingerprint density at radius 1 is 1.24 bits per heavy atom. The molecule has 2 N–H and O–H groups in total. The van der Waals surface area contributed by atoms with Crippen LogP contribution in [0, 0.1) is 11.3 Å². The molecule has 7 heteroatoms. The van der Waals surface area contributed by atoms with E-state index in [9.17, 15) is 8.42 Å². The third-order valence-corrected chi connectivity index (χ3v) is 4.20. The fourth-order valence-corrected chi connectivity index (χ4v) is 3.01. The lowest BCUT2D eigenvalue weighted by molar-refractivity contribution is 0.601. The fourth-order valence-electron chi connectivity index (χ4n) is 1.79. The number of sulfonamides is 1. The van der Waals surface area contributed by atoms with Gasteiger partial charge in [0.2, 0.25) is 0 Å². The molecule has 0 aliphatic carbocycles. The second-order valence-corrected chi connectivity index (χ2v) is 5.89. The Morgan fingerprint density at radius 3 is 2.57 bits per heavy atom. The normalized spacial score (nSPS) is 10.7. The number of anilines is 2. The lowest BCUT2D eigenvalue weighted by Crippen LogP contribution is -2.15. The van der Waals surface area contributed by atoms with Crippen molar-refractivity contribution < 1.29 is 8.42 Å². The lowest BCUT2D eigenvalue weighted by Gasteiger charge is -2.11. The Hall–Kier alpha value is -2.59. The number of nitriles is 1. The average molecular weight is 302 g/mol. The molecule has 0 unspecified atom stereocenters. The van der Waals surface area contributed by atoms with Gasteiger partial charge >= 0.3 is 0 Å². The molecule has 0 saturated heterocycles. The maximum Gasteiger partial charge on any atom is 0.265 e. The molecule has 0 atom stereocenters. The summed E-state index contributed by atoms with van der Waals surface area (Å²) in [6.45, 7) is 0. The summed E-state index contributed by atoms with van der Waals surface area (Å²) in [5.74, 6) is 0.283. The summed E-state index contributed by atoms with van der Waals surface area (Å²) in [6.07, 6.45) is 1.81. The zero-order chi connectivity index (χ0) is 15.3. The second-order valence-electron chi connectivity index (χ2n) is 4.24. The van der Waals surface area contributed by atoms with Crippen molar-refractivity contribution in [3.63, 3.8) is 0 Å². The molecule has 1 aromatic carbocycles. The van der Waals surface area contributed by atoms with Crippen LogP contribution in [0.3, 0.4) is 0 Å². The molecule has 0 spiro atoms. The molecule has 21 heavy (non-hydrogen) atoms. The maximum atomic E-state index is 12.3. The number of rotatable bonds is 5. The number of hydrogen-bond donors (Lipinski definition) is 2. The molecule has 1 aromatic heterocycles. The van der Waals surface area contributed by atoms with Crippen LogP contribution in [0.2, 0.25) is 0 Å². The molecule has 0 bridgehead atoms. The summed E-state index contributed by atoms with van der Waals surface area (Å²) >= 11 is 0. The standard InChI is InChI=1S/C14H14N4O2S/c1-16-14-13(3-2-10-17-14)21(19,20)18-12-6-4-11(5-7-12)8-9-15/h2-7,10,18H,8H2,1H3,(H,16,17). The van der Waals surface area contributed by atoms with E-state index in [0.29, 0.717) is 12.1 Å². The number of pyridine rings is 1. The smallest absolute Gasteiger partial charge is 0.265 e. The highest BCUT2D eigenvalue weighted by Gasteiger charge is 2.18. The van der Waals surface area contributed by atoms with Gasteiger partial charge in [-0.1, -0.05) is 12.1 Å². The predicted molar refractivity (Wildman–Crippen MR) is 80.4 cm³/mol. The van der Waals surface area contributed by atoms with Crippen LogP contribution < -0.4 is 10.0 Å². The van der Waals surface area contributed by atoms with Crippen LogP contribution in [0.1, 0.15) is 5.56 Å². The summed E-state index contributed by atoms with van der Waals surface area (Å²) in [6, 6.07) is 11.7. The van der Waals surface area contributed by atoms with Crippen molar-refractivity contribution in [1.29, 1.82) is 5.26 Å². The van der Waals surface area contributed by atoms with E-state index >= 15 is 0 Å². The van der Waals surface area contributed by atoms with E-state index in [1.807, 2.05) is 6.07 Å². The number of hydrogen-bond acceptors (Lipinski definition) is 5. The van der Waals surface area contributed by atoms with Gasteiger partial charge in [0.25, 0.3) is 10.0 Å². The van der Waals surface area contributed by atoms with Crippen molar-refractivity contribution in [3.05, 3.63) is 48.2 Å². The van der Waals surface area contributed by atoms with E-state index in [-0.39, 0.29) is 10.7 Å². The molecule has 0 radical (unpaired) electrons. The quantitative estimate of drug-likeness (QED) is 0.880. The molecule has 0 aliphatic heterocycles. The number of aromatic nitrogens is 1. The molecule has 6 nitrogen and oxygen atoms in total. The molecule has 2 aromatic rings. The Labute approximate surface area is 123 Å². The van der Waals surface area contributed by atoms with Gasteiger partial charge in [0.1, 0.15) is 10.7 Å². The summed E-state index contributed by atoms with van der Waals surface area (Å²) in [4.78, 5) is 4.05. The van der Waals surface area contributed by atoms with Crippen molar-refractivity contribution in [1.82, 2.24) is 4.98 Å². The van der Waals surface area contributed by atoms with E-state index in [1.54, 1.807) is 37.4 Å². The van der Waals surface area contributed by atoms with Crippen LogP contribution in [0.25, 0.3) is 0 Å². The Bertz CT molecular complexity index is 764. The predicted octanol–water partition coefficient (Wildman–Crippen LogP) is 1.99. The summed E-state index contributed by atoms with van der Waals surface area (Å²) in [5.41, 5.74) is 1.26. The SMILES string of the molecule is CNc1ncccc1S(=O)(=O)Nc1ccc(CC#N)cc1. The lowest BCUT2D eigenvalue weighted by atomic mass is 10.1. The third-order valence-electron chi connectivity index (χ3n) is 2.79. The van der Waals surface area contributed by atoms with Gasteiger partial charge in [-0.2, -0.15) is 5.26 Å². The molecule has 108 valence electrons. The first-order valence-corrected chi connectivity index (χ1v) is 7.66. The number of nitrogens with one attached hydrogen (secondary N) is 2. The van der Waals surface area contributed by atoms with Crippen LogP contribution in [0.5, 0.6) is 0 Å². The topological polar surface area (TPSA) is 94.9 Å². The number of benzene rings is 1. The highest BCUT2D eigenvalue weighted by molar-refractivity contribution is 7.92. The third kappa shape index (κ3) is 3.49. The van der Waals surface area contributed by atoms with Crippen molar-refractivity contribution in [3.8, 4) is 6.07 Å². The van der Waals surface area contributed by atoms with Crippen LogP contribution >= 0.6 is 0 Å². The molecule has 0 amide bonds. The van der Waals surface area contributed by atoms with Gasteiger partial charge in [-0.15, -0.1) is 0 Å². The largest absolute Gasteiger partial charge is 0.372 e. The average Bonchev–Trinajstić information content (AvgIpc) is 2.49. The zero-order valence-electron chi connectivity index (χ0n) is 11.4. The molecule has 1 heterocycles. The second kappa shape index (κ2) is 6.24. The monoisotopic (exact) mass is 302 g/mol. The van der Waals surface area contributed by atoms with Crippen molar-refractivity contribution in [2.75, 3.05) is 17.1 Å². The van der Waals surface area contributed by atoms with Crippen LogP contribution in [0.15, 0.2) is 47.5 Å². The maximum absolute atomic E-state index is 12.3. The first kappa shape index (κ1) is 14.8. The van der Waals surface area contributed by atoms with Crippen LogP contribution in [-0.2, 0) is 16.4 Å². The van der Waals surface area contributed by atoms with E-state index in [1.165, 1.54) is 12.3 Å².